The smallest absolute Gasteiger partial charge is 0.187 e. The van der Waals surface area contributed by atoms with Gasteiger partial charge in [0.2, 0.25) is 0 Å². The quantitative estimate of drug-likeness (QED) is 0.306. The van der Waals surface area contributed by atoms with Gasteiger partial charge in [-0.05, 0) is 0 Å². The average Bonchev–Trinajstić information content (AvgIpc) is 2.99. The van der Waals surface area contributed by atoms with E-state index in [2.05, 4.69) is 12.6 Å². The molecule has 8 unspecified atom stereocenters. The van der Waals surface area contributed by atoms with Crippen LogP contribution in [-0.4, -0.2) is 80.8 Å². The van der Waals surface area contributed by atoms with Gasteiger partial charge >= 0.3 is 0 Å². The lowest BCUT2D eigenvalue weighted by Crippen LogP contribution is -2.59. The van der Waals surface area contributed by atoms with Crippen LogP contribution < -0.4 is 0 Å². The number of ether oxygens (including phenoxy) is 2. The van der Waals surface area contributed by atoms with Crippen molar-refractivity contribution in [1.82, 2.24) is 0 Å². The van der Waals surface area contributed by atoms with Crippen LogP contribution in [0.3, 0.4) is 0 Å². The van der Waals surface area contributed by atoms with Crippen molar-refractivity contribution in [3.8, 4) is 0 Å². The van der Waals surface area contributed by atoms with E-state index >= 15 is 0 Å². The molecule has 1 saturated carbocycles. The van der Waals surface area contributed by atoms with E-state index in [0.717, 1.165) is 0 Å². The summed E-state index contributed by atoms with van der Waals surface area (Å²) >= 11 is 3.97. The summed E-state index contributed by atoms with van der Waals surface area (Å²) in [6, 6.07) is 0. The second-order valence-electron chi connectivity index (χ2n) is 4.63. The van der Waals surface area contributed by atoms with Gasteiger partial charge in [0, 0.05) is 11.7 Å². The Morgan fingerprint density at radius 3 is 2.17 bits per heavy atom. The highest BCUT2D eigenvalue weighted by Crippen LogP contribution is 2.37. The molecular formula is C10H18O7S. The summed E-state index contributed by atoms with van der Waals surface area (Å²) in [6.45, 7) is -0.226. The standard InChI is InChI=1S/C10H18O7S/c11-1-3-5(12)9(3)17-10-8(15)7(14)6(13)4(2-18)16-10/h3-15,18H,1-2H2. The molecule has 2 aliphatic rings. The molecule has 1 heterocycles. The average molecular weight is 282 g/mol. The number of thiol groups is 1. The molecule has 0 spiro atoms. The zero-order valence-electron chi connectivity index (χ0n) is 9.53. The predicted octanol–water partition coefficient (Wildman–Crippen LogP) is -2.91. The van der Waals surface area contributed by atoms with Gasteiger partial charge in [-0.15, -0.1) is 0 Å². The van der Waals surface area contributed by atoms with Crippen LogP contribution in [0.1, 0.15) is 0 Å². The Kier molecular flexibility index (Phi) is 4.50. The van der Waals surface area contributed by atoms with E-state index in [4.69, 9.17) is 14.6 Å². The van der Waals surface area contributed by atoms with Crippen LogP contribution in [0.2, 0.25) is 0 Å². The summed E-state index contributed by atoms with van der Waals surface area (Å²) in [4.78, 5) is 0. The lowest BCUT2D eigenvalue weighted by Gasteiger charge is -2.39. The molecule has 0 radical (unpaired) electrons. The summed E-state index contributed by atoms with van der Waals surface area (Å²) in [7, 11) is 0. The maximum absolute atomic E-state index is 9.71. The maximum atomic E-state index is 9.71. The van der Waals surface area contributed by atoms with Crippen molar-refractivity contribution in [3.05, 3.63) is 0 Å². The lowest BCUT2D eigenvalue weighted by molar-refractivity contribution is -0.297. The Labute approximate surface area is 109 Å². The first kappa shape index (κ1) is 14.5. The molecule has 2 fully saturated rings. The molecule has 8 atom stereocenters. The SMILES string of the molecule is OCC1C(O)C1OC1OC(CS)C(O)C(O)C1O. The highest BCUT2D eigenvalue weighted by Gasteiger charge is 2.54. The van der Waals surface area contributed by atoms with Crippen molar-refractivity contribution in [3.63, 3.8) is 0 Å². The molecule has 106 valence electrons. The molecule has 1 saturated heterocycles. The minimum atomic E-state index is -1.41. The zero-order chi connectivity index (χ0) is 13.4. The van der Waals surface area contributed by atoms with E-state index < -0.39 is 48.8 Å². The molecule has 8 heteroatoms. The number of aliphatic hydroxyl groups is 5. The Hall–Kier alpha value is 0.0700. The fourth-order valence-electron chi connectivity index (χ4n) is 2.05. The summed E-state index contributed by atoms with van der Waals surface area (Å²) < 4.78 is 10.6. The van der Waals surface area contributed by atoms with Gasteiger partial charge in [0.05, 0.1) is 24.9 Å². The van der Waals surface area contributed by atoms with Gasteiger partial charge in [-0.1, -0.05) is 0 Å². The van der Waals surface area contributed by atoms with Crippen molar-refractivity contribution < 1.29 is 35.0 Å². The van der Waals surface area contributed by atoms with E-state index in [1.807, 2.05) is 0 Å². The monoisotopic (exact) mass is 282 g/mol. The van der Waals surface area contributed by atoms with Crippen molar-refractivity contribution in [2.24, 2.45) is 5.92 Å². The number of hydrogen-bond acceptors (Lipinski definition) is 8. The number of hydrogen-bond donors (Lipinski definition) is 6. The zero-order valence-corrected chi connectivity index (χ0v) is 10.4. The van der Waals surface area contributed by atoms with Crippen LogP contribution in [0.15, 0.2) is 0 Å². The first-order valence-corrected chi connectivity index (χ1v) is 6.39. The molecule has 7 nitrogen and oxygen atoms in total. The lowest BCUT2D eigenvalue weighted by atomic mass is 10.00. The second-order valence-corrected chi connectivity index (χ2v) is 5.00. The molecule has 0 aromatic rings. The number of aliphatic hydroxyl groups excluding tert-OH is 5. The number of rotatable bonds is 4. The molecule has 1 aliphatic carbocycles. The Morgan fingerprint density at radius 1 is 1.00 bits per heavy atom. The van der Waals surface area contributed by atoms with Gasteiger partial charge in [-0.2, -0.15) is 12.6 Å². The third kappa shape index (κ3) is 2.52. The van der Waals surface area contributed by atoms with Gasteiger partial charge in [0.1, 0.15) is 18.3 Å². The Morgan fingerprint density at radius 2 is 1.67 bits per heavy atom. The van der Waals surface area contributed by atoms with Crippen LogP contribution >= 0.6 is 12.6 Å². The van der Waals surface area contributed by atoms with E-state index in [1.165, 1.54) is 0 Å². The van der Waals surface area contributed by atoms with Crippen molar-refractivity contribution >= 4 is 12.6 Å². The van der Waals surface area contributed by atoms with E-state index in [-0.39, 0.29) is 12.4 Å². The second kappa shape index (κ2) is 5.59. The molecule has 2 rings (SSSR count). The van der Waals surface area contributed by atoms with E-state index in [1.54, 1.807) is 0 Å². The summed E-state index contributed by atoms with van der Waals surface area (Å²) in [6.07, 6.45) is -7.40. The minimum Gasteiger partial charge on any atom is -0.396 e. The fourth-order valence-corrected chi connectivity index (χ4v) is 2.36. The van der Waals surface area contributed by atoms with Gasteiger partial charge in [0.15, 0.2) is 6.29 Å². The predicted molar refractivity (Wildman–Crippen MR) is 62.0 cm³/mol. The molecule has 5 N–H and O–H groups in total. The highest BCUT2D eigenvalue weighted by molar-refractivity contribution is 7.80. The molecule has 0 bridgehead atoms. The van der Waals surface area contributed by atoms with E-state index in [0.29, 0.717) is 0 Å². The van der Waals surface area contributed by atoms with Crippen LogP contribution in [0.5, 0.6) is 0 Å². The summed E-state index contributed by atoms with van der Waals surface area (Å²) in [5, 5.41) is 47.2. The molecular weight excluding hydrogens is 264 g/mol. The Bertz CT molecular complexity index is 289. The topological polar surface area (TPSA) is 120 Å². The largest absolute Gasteiger partial charge is 0.396 e. The third-order valence-corrected chi connectivity index (χ3v) is 3.77. The van der Waals surface area contributed by atoms with Gasteiger partial charge in [-0.3, -0.25) is 0 Å². The minimum absolute atomic E-state index is 0.154. The Balaban J connectivity index is 1.95. The molecule has 18 heavy (non-hydrogen) atoms. The van der Waals surface area contributed by atoms with Crippen LogP contribution in [0.4, 0.5) is 0 Å². The molecule has 1 aliphatic heterocycles. The summed E-state index contributed by atoms with van der Waals surface area (Å²) in [5.74, 6) is -0.249. The van der Waals surface area contributed by atoms with Gasteiger partial charge in [-0.25, -0.2) is 0 Å². The molecule has 0 aromatic carbocycles. The molecule has 0 aromatic heterocycles. The van der Waals surface area contributed by atoms with Crippen molar-refractivity contribution in [2.45, 2.75) is 42.9 Å². The van der Waals surface area contributed by atoms with Crippen molar-refractivity contribution in [1.29, 1.82) is 0 Å². The normalized spacial score (nSPS) is 52.3. The van der Waals surface area contributed by atoms with Crippen LogP contribution in [0, 0.1) is 5.92 Å². The first-order valence-electron chi connectivity index (χ1n) is 5.76. The van der Waals surface area contributed by atoms with Gasteiger partial charge < -0.3 is 35.0 Å². The van der Waals surface area contributed by atoms with Crippen LogP contribution in [-0.2, 0) is 9.47 Å². The van der Waals surface area contributed by atoms with Gasteiger partial charge in [0.25, 0.3) is 0 Å². The fraction of sp³-hybridized carbons (Fsp3) is 1.00. The third-order valence-electron chi connectivity index (χ3n) is 3.41. The highest BCUT2D eigenvalue weighted by atomic mass is 32.1. The summed E-state index contributed by atoms with van der Waals surface area (Å²) in [5.41, 5.74) is 0. The van der Waals surface area contributed by atoms with Crippen molar-refractivity contribution in [2.75, 3.05) is 12.4 Å². The van der Waals surface area contributed by atoms with E-state index in [9.17, 15) is 20.4 Å². The van der Waals surface area contributed by atoms with Crippen LogP contribution in [0.25, 0.3) is 0 Å². The molecule has 0 amide bonds. The first-order chi connectivity index (χ1) is 8.51. The maximum Gasteiger partial charge on any atom is 0.187 e.